The molecule has 7 heteroatoms. The van der Waals surface area contributed by atoms with E-state index in [1.54, 1.807) is 0 Å². The number of nitrogens with zero attached hydrogens (tertiary/aromatic N) is 3. The molecule has 1 heterocycles. The largest absolute Gasteiger partial charge is 0.488 e. The van der Waals surface area contributed by atoms with E-state index in [1.807, 2.05) is 89.5 Å². The molecule has 0 bridgehead atoms. The highest BCUT2D eigenvalue weighted by molar-refractivity contribution is 7.99. The first-order valence-corrected chi connectivity index (χ1v) is 10.3. The Morgan fingerprint density at radius 1 is 0.900 bits per heavy atom. The van der Waals surface area contributed by atoms with E-state index in [0.29, 0.717) is 23.3 Å². The predicted molar refractivity (Wildman–Crippen MR) is 116 cm³/mol. The summed E-state index contributed by atoms with van der Waals surface area (Å²) in [6.45, 7) is 0.429. The fourth-order valence-electron chi connectivity index (χ4n) is 2.99. The number of hydrogen-bond acceptors (Lipinski definition) is 5. The third kappa shape index (κ3) is 4.52. The second-order valence-electron chi connectivity index (χ2n) is 6.43. The van der Waals surface area contributed by atoms with Crippen molar-refractivity contribution in [3.8, 4) is 22.8 Å². The first-order chi connectivity index (χ1) is 14.7. The topological polar surface area (TPSA) is 77.2 Å². The summed E-state index contributed by atoms with van der Waals surface area (Å²) in [7, 11) is 0. The van der Waals surface area contributed by atoms with E-state index in [0.717, 1.165) is 28.6 Å². The lowest BCUT2D eigenvalue weighted by atomic mass is 10.1. The molecule has 0 unspecified atom stereocenters. The van der Waals surface area contributed by atoms with Gasteiger partial charge in [0.15, 0.2) is 11.0 Å². The Morgan fingerprint density at radius 2 is 1.57 bits per heavy atom. The molecule has 4 aromatic rings. The van der Waals surface area contributed by atoms with E-state index in [-0.39, 0.29) is 5.75 Å². The third-order valence-electron chi connectivity index (χ3n) is 4.34. The van der Waals surface area contributed by atoms with Crippen molar-refractivity contribution >= 4 is 17.7 Å². The van der Waals surface area contributed by atoms with Crippen molar-refractivity contribution in [3.63, 3.8) is 0 Å². The van der Waals surface area contributed by atoms with Gasteiger partial charge in [-0.25, -0.2) is 0 Å². The summed E-state index contributed by atoms with van der Waals surface area (Å²) in [6, 6.07) is 27.2. The Hall–Kier alpha value is -3.58. The van der Waals surface area contributed by atoms with Gasteiger partial charge in [-0.05, 0) is 29.8 Å². The van der Waals surface area contributed by atoms with Gasteiger partial charge in [0.1, 0.15) is 12.4 Å². The number of carboxylic acid groups (broad SMARTS) is 1. The Balaban J connectivity index is 1.73. The molecular weight excluding hydrogens is 398 g/mol. The molecule has 1 aromatic heterocycles. The molecule has 0 radical (unpaired) electrons. The molecule has 1 N–H and O–H groups in total. The van der Waals surface area contributed by atoms with E-state index in [2.05, 4.69) is 10.2 Å². The van der Waals surface area contributed by atoms with Crippen LogP contribution in [0.5, 0.6) is 5.75 Å². The van der Waals surface area contributed by atoms with Crippen molar-refractivity contribution < 1.29 is 14.6 Å². The molecule has 0 aliphatic rings. The van der Waals surface area contributed by atoms with Crippen LogP contribution in [0.1, 0.15) is 5.56 Å². The normalized spacial score (nSPS) is 10.7. The van der Waals surface area contributed by atoms with Crippen LogP contribution in [0.25, 0.3) is 17.1 Å². The Bertz CT molecular complexity index is 1130. The maximum Gasteiger partial charge on any atom is 0.313 e. The van der Waals surface area contributed by atoms with Crippen molar-refractivity contribution in [3.05, 3.63) is 90.5 Å². The van der Waals surface area contributed by atoms with Crippen LogP contribution in [0, 0.1) is 0 Å². The molecule has 0 saturated heterocycles. The van der Waals surface area contributed by atoms with Crippen molar-refractivity contribution in [1.29, 1.82) is 0 Å². The van der Waals surface area contributed by atoms with E-state index < -0.39 is 5.97 Å². The molecule has 0 aliphatic carbocycles. The molecule has 0 spiro atoms. The van der Waals surface area contributed by atoms with Crippen LogP contribution in [0.4, 0.5) is 0 Å². The lowest BCUT2D eigenvalue weighted by molar-refractivity contribution is -0.133. The zero-order valence-corrected chi connectivity index (χ0v) is 16.8. The number of thioether (sulfide) groups is 1. The summed E-state index contributed by atoms with van der Waals surface area (Å²) in [4.78, 5) is 11.1. The lowest BCUT2D eigenvalue weighted by Crippen LogP contribution is -2.04. The van der Waals surface area contributed by atoms with Gasteiger partial charge in [0.05, 0.1) is 11.3 Å². The van der Waals surface area contributed by atoms with E-state index in [1.165, 1.54) is 0 Å². The molecule has 0 fully saturated rings. The predicted octanol–water partition coefficient (Wildman–Crippen LogP) is 4.69. The Morgan fingerprint density at radius 3 is 2.30 bits per heavy atom. The van der Waals surface area contributed by atoms with Crippen LogP contribution in [0.3, 0.4) is 0 Å². The van der Waals surface area contributed by atoms with Crippen molar-refractivity contribution in [2.75, 3.05) is 5.75 Å². The number of rotatable bonds is 8. The summed E-state index contributed by atoms with van der Waals surface area (Å²) in [5.74, 6) is 0.270. The highest BCUT2D eigenvalue weighted by Gasteiger charge is 2.19. The van der Waals surface area contributed by atoms with Crippen LogP contribution in [-0.2, 0) is 11.4 Å². The average molecular weight is 417 g/mol. The molecule has 0 atom stereocenters. The molecule has 0 aliphatic heterocycles. The average Bonchev–Trinajstić information content (AvgIpc) is 3.21. The van der Waals surface area contributed by atoms with Crippen LogP contribution in [0.15, 0.2) is 90.1 Å². The zero-order chi connectivity index (χ0) is 20.8. The number of hydrogen-bond donors (Lipinski definition) is 1. The number of aromatic nitrogens is 3. The second-order valence-corrected chi connectivity index (χ2v) is 7.37. The van der Waals surface area contributed by atoms with Gasteiger partial charge >= 0.3 is 5.97 Å². The summed E-state index contributed by atoms with van der Waals surface area (Å²) >= 11 is 1.13. The number of para-hydroxylation sites is 2. The molecule has 4 rings (SSSR count). The van der Waals surface area contributed by atoms with Crippen LogP contribution in [0.2, 0.25) is 0 Å². The van der Waals surface area contributed by atoms with Gasteiger partial charge in [-0.1, -0.05) is 72.4 Å². The minimum absolute atomic E-state index is 0.100. The van der Waals surface area contributed by atoms with Crippen LogP contribution < -0.4 is 4.74 Å². The molecule has 0 amide bonds. The summed E-state index contributed by atoms with van der Waals surface area (Å²) in [6.07, 6.45) is 0. The Labute approximate surface area is 178 Å². The monoisotopic (exact) mass is 417 g/mol. The van der Waals surface area contributed by atoms with Gasteiger partial charge in [0.2, 0.25) is 0 Å². The van der Waals surface area contributed by atoms with Gasteiger partial charge in [-0.15, -0.1) is 10.2 Å². The van der Waals surface area contributed by atoms with Gasteiger partial charge in [-0.2, -0.15) is 0 Å². The lowest BCUT2D eigenvalue weighted by Gasteiger charge is -2.13. The fraction of sp³-hybridized carbons (Fsp3) is 0.0870. The molecule has 30 heavy (non-hydrogen) atoms. The van der Waals surface area contributed by atoms with E-state index in [9.17, 15) is 4.79 Å². The first-order valence-electron chi connectivity index (χ1n) is 9.34. The minimum atomic E-state index is -0.907. The third-order valence-corrected chi connectivity index (χ3v) is 5.25. The summed E-state index contributed by atoms with van der Waals surface area (Å²) in [5, 5.41) is 18.2. The SMILES string of the molecule is O=C(O)CSc1nnc(-c2ccccc2OCc2ccccc2)n1-c1ccccc1. The maximum atomic E-state index is 11.1. The number of ether oxygens (including phenoxy) is 1. The first kappa shape index (κ1) is 19.7. The van der Waals surface area contributed by atoms with E-state index in [4.69, 9.17) is 9.84 Å². The molecule has 150 valence electrons. The van der Waals surface area contributed by atoms with Crippen LogP contribution in [-0.4, -0.2) is 31.6 Å². The van der Waals surface area contributed by atoms with E-state index >= 15 is 0 Å². The molecule has 6 nitrogen and oxygen atoms in total. The quantitative estimate of drug-likeness (QED) is 0.419. The number of aliphatic carboxylic acids is 1. The van der Waals surface area contributed by atoms with Crippen molar-refractivity contribution in [1.82, 2.24) is 14.8 Å². The minimum Gasteiger partial charge on any atom is -0.488 e. The summed E-state index contributed by atoms with van der Waals surface area (Å²) < 4.78 is 7.95. The molecule has 0 saturated carbocycles. The summed E-state index contributed by atoms with van der Waals surface area (Å²) in [5.41, 5.74) is 2.70. The number of benzene rings is 3. The highest BCUT2D eigenvalue weighted by atomic mass is 32.2. The fourth-order valence-corrected chi connectivity index (χ4v) is 3.66. The zero-order valence-electron chi connectivity index (χ0n) is 16.0. The number of carbonyl (C=O) groups is 1. The standard InChI is InChI=1S/C23H19N3O3S/c27-21(28)16-30-23-25-24-22(26(23)18-11-5-2-6-12-18)19-13-7-8-14-20(19)29-15-17-9-3-1-4-10-17/h1-14H,15-16H2,(H,27,28). The maximum absolute atomic E-state index is 11.1. The van der Waals surface area contributed by atoms with Crippen molar-refractivity contribution in [2.45, 2.75) is 11.8 Å². The van der Waals surface area contributed by atoms with Gasteiger partial charge in [0, 0.05) is 5.69 Å². The second kappa shape index (κ2) is 9.28. The van der Waals surface area contributed by atoms with Gasteiger partial charge in [-0.3, -0.25) is 9.36 Å². The van der Waals surface area contributed by atoms with Gasteiger partial charge < -0.3 is 9.84 Å². The van der Waals surface area contributed by atoms with Crippen LogP contribution >= 0.6 is 11.8 Å². The smallest absolute Gasteiger partial charge is 0.313 e. The number of carboxylic acids is 1. The molecule has 3 aromatic carbocycles. The molecular formula is C23H19N3O3S. The van der Waals surface area contributed by atoms with Crippen molar-refractivity contribution in [2.24, 2.45) is 0 Å². The Kier molecular flexibility index (Phi) is 6.10. The highest BCUT2D eigenvalue weighted by Crippen LogP contribution is 2.33. The van der Waals surface area contributed by atoms with Gasteiger partial charge in [0.25, 0.3) is 0 Å².